The summed E-state index contributed by atoms with van der Waals surface area (Å²) in [5.74, 6) is 0.877. The Hall–Kier alpha value is -1.39. The molecule has 3 rings (SSSR count). The minimum Gasteiger partial charge on any atom is -0.497 e. The van der Waals surface area contributed by atoms with Gasteiger partial charge in [-0.3, -0.25) is 0 Å². The van der Waals surface area contributed by atoms with Crippen LogP contribution in [0.3, 0.4) is 0 Å². The van der Waals surface area contributed by atoms with Crippen molar-refractivity contribution < 1.29 is 4.74 Å². The summed E-state index contributed by atoms with van der Waals surface area (Å²) in [6, 6.07) is 8.37. The number of methoxy groups -OCH3 is 1. The average Bonchev–Trinajstić information content (AvgIpc) is 2.81. The number of aromatic nitrogens is 1. The predicted molar refractivity (Wildman–Crippen MR) is 74.1 cm³/mol. The normalized spacial score (nSPS) is 18.4. The van der Waals surface area contributed by atoms with Crippen molar-refractivity contribution in [1.82, 2.24) is 4.98 Å². The second-order valence-electron chi connectivity index (χ2n) is 4.62. The molecule has 1 unspecified atom stereocenters. The van der Waals surface area contributed by atoms with Crippen molar-refractivity contribution in [2.24, 2.45) is 5.73 Å². The van der Waals surface area contributed by atoms with E-state index in [1.807, 2.05) is 12.1 Å². The molecule has 3 nitrogen and oxygen atoms in total. The van der Waals surface area contributed by atoms with Crippen LogP contribution >= 0.6 is 11.3 Å². The maximum Gasteiger partial charge on any atom is 0.123 e. The van der Waals surface area contributed by atoms with E-state index >= 15 is 0 Å². The Labute approximate surface area is 111 Å². The molecule has 2 N–H and O–H groups in total. The van der Waals surface area contributed by atoms with Crippen LogP contribution in [0.2, 0.25) is 0 Å². The van der Waals surface area contributed by atoms with E-state index in [9.17, 15) is 0 Å². The molecule has 0 saturated heterocycles. The van der Waals surface area contributed by atoms with Gasteiger partial charge < -0.3 is 10.5 Å². The lowest BCUT2D eigenvalue weighted by molar-refractivity contribution is 0.415. The zero-order chi connectivity index (χ0) is 12.5. The molecular formula is C14H16N2OS. The van der Waals surface area contributed by atoms with E-state index in [1.54, 1.807) is 18.4 Å². The first-order valence-electron chi connectivity index (χ1n) is 6.15. The van der Waals surface area contributed by atoms with Crippen molar-refractivity contribution >= 4 is 11.3 Å². The predicted octanol–water partition coefficient (Wildman–Crippen LogP) is 2.63. The molecule has 94 valence electrons. The van der Waals surface area contributed by atoms with Gasteiger partial charge >= 0.3 is 0 Å². The van der Waals surface area contributed by atoms with Crippen LogP contribution in [0, 0.1) is 0 Å². The third-order valence-electron chi connectivity index (χ3n) is 3.31. The van der Waals surface area contributed by atoms with Crippen molar-refractivity contribution in [3.8, 4) is 16.3 Å². The van der Waals surface area contributed by atoms with Crippen molar-refractivity contribution in [2.45, 2.75) is 25.3 Å². The van der Waals surface area contributed by atoms with E-state index in [0.717, 1.165) is 35.6 Å². The number of hydrogen-bond acceptors (Lipinski definition) is 4. The standard InChI is InChI=1S/C14H16N2OS/c1-17-11-5-2-9(3-6-11)14-16-12-7-4-10(15)8-13(12)18-14/h2-3,5-6,10H,4,7-8,15H2,1H3. The van der Waals surface area contributed by atoms with E-state index in [1.165, 1.54) is 10.6 Å². The molecule has 1 aromatic carbocycles. The lowest BCUT2D eigenvalue weighted by Crippen LogP contribution is -2.26. The lowest BCUT2D eigenvalue weighted by atomic mass is 9.99. The van der Waals surface area contributed by atoms with Crippen molar-refractivity contribution in [2.75, 3.05) is 7.11 Å². The van der Waals surface area contributed by atoms with Gasteiger partial charge in [-0.05, 0) is 43.5 Å². The summed E-state index contributed by atoms with van der Waals surface area (Å²) >= 11 is 1.77. The molecular weight excluding hydrogens is 244 g/mol. The van der Waals surface area contributed by atoms with E-state index in [4.69, 9.17) is 15.5 Å². The first kappa shape index (κ1) is 11.7. The first-order chi connectivity index (χ1) is 8.76. The minimum absolute atomic E-state index is 0.307. The van der Waals surface area contributed by atoms with Gasteiger partial charge in [0, 0.05) is 16.5 Å². The van der Waals surface area contributed by atoms with Crippen LogP contribution in [-0.4, -0.2) is 18.1 Å². The van der Waals surface area contributed by atoms with Gasteiger partial charge in [0.25, 0.3) is 0 Å². The highest BCUT2D eigenvalue weighted by Crippen LogP contribution is 2.32. The Morgan fingerprint density at radius 2 is 2.11 bits per heavy atom. The number of nitrogens with two attached hydrogens (primary N) is 1. The summed E-state index contributed by atoms with van der Waals surface area (Å²) in [4.78, 5) is 6.09. The fourth-order valence-corrected chi connectivity index (χ4v) is 3.46. The average molecular weight is 260 g/mol. The molecule has 0 spiro atoms. The minimum atomic E-state index is 0.307. The summed E-state index contributed by atoms with van der Waals surface area (Å²) in [6.45, 7) is 0. The van der Waals surface area contributed by atoms with Gasteiger partial charge in [-0.2, -0.15) is 0 Å². The molecule has 1 atom stereocenters. The highest BCUT2D eigenvalue weighted by molar-refractivity contribution is 7.15. The Morgan fingerprint density at radius 1 is 1.33 bits per heavy atom. The molecule has 0 saturated carbocycles. The summed E-state index contributed by atoms with van der Waals surface area (Å²) < 4.78 is 5.17. The van der Waals surface area contributed by atoms with Crippen LogP contribution in [0.4, 0.5) is 0 Å². The van der Waals surface area contributed by atoms with Crippen LogP contribution < -0.4 is 10.5 Å². The number of ether oxygens (including phenoxy) is 1. The van der Waals surface area contributed by atoms with E-state index in [-0.39, 0.29) is 0 Å². The number of rotatable bonds is 2. The number of nitrogens with zero attached hydrogens (tertiary/aromatic N) is 1. The fourth-order valence-electron chi connectivity index (χ4n) is 2.26. The summed E-state index contributed by atoms with van der Waals surface area (Å²) in [7, 11) is 1.68. The molecule has 0 fully saturated rings. The van der Waals surface area contributed by atoms with Gasteiger partial charge in [0.15, 0.2) is 0 Å². The van der Waals surface area contributed by atoms with Gasteiger partial charge in [0.1, 0.15) is 10.8 Å². The van der Waals surface area contributed by atoms with Crippen LogP contribution in [0.5, 0.6) is 5.75 Å². The molecule has 0 aliphatic heterocycles. The number of benzene rings is 1. The summed E-state index contributed by atoms with van der Waals surface area (Å²) in [6.07, 6.45) is 3.05. The second-order valence-corrected chi connectivity index (χ2v) is 5.70. The zero-order valence-corrected chi connectivity index (χ0v) is 11.2. The molecule has 4 heteroatoms. The number of thiazole rings is 1. The smallest absolute Gasteiger partial charge is 0.123 e. The van der Waals surface area contributed by atoms with Crippen LogP contribution in [-0.2, 0) is 12.8 Å². The largest absolute Gasteiger partial charge is 0.497 e. The monoisotopic (exact) mass is 260 g/mol. The molecule has 0 bridgehead atoms. The van der Waals surface area contributed by atoms with Gasteiger partial charge in [0.05, 0.1) is 12.8 Å². The highest BCUT2D eigenvalue weighted by Gasteiger charge is 2.20. The van der Waals surface area contributed by atoms with Gasteiger partial charge in [-0.15, -0.1) is 11.3 Å². The summed E-state index contributed by atoms with van der Waals surface area (Å²) in [5.41, 5.74) is 8.40. The van der Waals surface area contributed by atoms with Crippen LogP contribution in [0.25, 0.3) is 10.6 Å². The Bertz CT molecular complexity index is 547. The molecule has 1 aliphatic carbocycles. The molecule has 18 heavy (non-hydrogen) atoms. The third-order valence-corrected chi connectivity index (χ3v) is 4.48. The molecule has 1 aromatic heterocycles. The second kappa shape index (κ2) is 4.71. The lowest BCUT2D eigenvalue weighted by Gasteiger charge is -2.15. The van der Waals surface area contributed by atoms with Crippen LogP contribution in [0.1, 0.15) is 17.0 Å². The quantitative estimate of drug-likeness (QED) is 0.903. The van der Waals surface area contributed by atoms with E-state index in [2.05, 4.69) is 12.1 Å². The topological polar surface area (TPSA) is 48.1 Å². The maximum atomic E-state index is 6.00. The summed E-state index contributed by atoms with van der Waals surface area (Å²) in [5, 5.41) is 1.09. The maximum absolute atomic E-state index is 6.00. The SMILES string of the molecule is COc1ccc(-c2nc3c(s2)CC(N)CC3)cc1. The van der Waals surface area contributed by atoms with E-state index in [0.29, 0.717) is 6.04 Å². The third kappa shape index (κ3) is 2.13. The van der Waals surface area contributed by atoms with Gasteiger partial charge in [0.2, 0.25) is 0 Å². The molecule has 1 aliphatic rings. The Kier molecular flexibility index (Phi) is 3.06. The van der Waals surface area contributed by atoms with Crippen molar-refractivity contribution in [3.63, 3.8) is 0 Å². The van der Waals surface area contributed by atoms with Crippen molar-refractivity contribution in [3.05, 3.63) is 34.8 Å². The Morgan fingerprint density at radius 3 is 2.83 bits per heavy atom. The van der Waals surface area contributed by atoms with Crippen LogP contribution in [0.15, 0.2) is 24.3 Å². The van der Waals surface area contributed by atoms with Gasteiger partial charge in [-0.25, -0.2) is 4.98 Å². The van der Waals surface area contributed by atoms with E-state index < -0.39 is 0 Å². The number of aryl methyl sites for hydroxylation is 1. The first-order valence-corrected chi connectivity index (χ1v) is 6.96. The zero-order valence-electron chi connectivity index (χ0n) is 10.3. The fraction of sp³-hybridized carbons (Fsp3) is 0.357. The highest BCUT2D eigenvalue weighted by atomic mass is 32.1. The number of hydrogen-bond donors (Lipinski definition) is 1. The van der Waals surface area contributed by atoms with Crippen molar-refractivity contribution in [1.29, 1.82) is 0 Å². The molecule has 0 amide bonds. The Balaban J connectivity index is 1.92. The molecule has 0 radical (unpaired) electrons. The van der Waals surface area contributed by atoms with Gasteiger partial charge in [-0.1, -0.05) is 0 Å². The number of fused-ring (bicyclic) bond motifs is 1. The molecule has 1 heterocycles. The molecule has 2 aromatic rings.